The summed E-state index contributed by atoms with van der Waals surface area (Å²) < 4.78 is 4.67. The molecule has 3 nitrogen and oxygen atoms in total. The predicted molar refractivity (Wildman–Crippen MR) is 61.4 cm³/mol. The topological polar surface area (TPSA) is 50.1 Å². The Kier molecular flexibility index (Phi) is 4.33. The van der Waals surface area contributed by atoms with Gasteiger partial charge in [-0.05, 0) is 23.6 Å². The Bertz CT molecular complexity index is 449. The van der Waals surface area contributed by atoms with E-state index in [2.05, 4.69) is 4.74 Å². The highest BCUT2D eigenvalue weighted by Gasteiger charge is 2.14. The van der Waals surface area contributed by atoms with Crippen molar-refractivity contribution in [3.8, 4) is 6.07 Å². The zero-order chi connectivity index (χ0) is 12.1. The van der Waals surface area contributed by atoms with Gasteiger partial charge in [-0.15, -0.1) is 11.6 Å². The van der Waals surface area contributed by atoms with Crippen LogP contribution in [-0.4, -0.2) is 13.1 Å². The number of carbonyl (C=O) groups is 1. The molecule has 0 aromatic heterocycles. The third kappa shape index (κ3) is 2.34. The zero-order valence-corrected chi connectivity index (χ0v) is 9.97. The average molecular weight is 238 g/mol. The van der Waals surface area contributed by atoms with Crippen LogP contribution in [0.2, 0.25) is 0 Å². The van der Waals surface area contributed by atoms with Crippen LogP contribution in [0.4, 0.5) is 0 Å². The van der Waals surface area contributed by atoms with Gasteiger partial charge in [0.2, 0.25) is 0 Å². The molecule has 0 unspecified atom stereocenters. The van der Waals surface area contributed by atoms with Gasteiger partial charge < -0.3 is 4.74 Å². The van der Waals surface area contributed by atoms with Crippen molar-refractivity contribution < 1.29 is 9.53 Å². The van der Waals surface area contributed by atoms with Crippen LogP contribution in [0.25, 0.3) is 0 Å². The molecule has 0 saturated carbocycles. The van der Waals surface area contributed by atoms with Crippen molar-refractivity contribution >= 4 is 17.6 Å². The lowest BCUT2D eigenvalue weighted by Crippen LogP contribution is -2.07. The van der Waals surface area contributed by atoms with Crippen LogP contribution in [0.3, 0.4) is 0 Å². The molecule has 84 valence electrons. The zero-order valence-electron chi connectivity index (χ0n) is 9.21. The Balaban J connectivity index is 3.38. The van der Waals surface area contributed by atoms with Gasteiger partial charge in [0.1, 0.15) is 0 Å². The smallest absolute Gasteiger partial charge is 0.338 e. The number of carbonyl (C=O) groups excluding carboxylic acids is 1. The van der Waals surface area contributed by atoms with Crippen LogP contribution in [0, 0.1) is 11.3 Å². The van der Waals surface area contributed by atoms with Crippen molar-refractivity contribution in [2.45, 2.75) is 19.2 Å². The number of ether oxygens (including phenoxy) is 1. The molecule has 0 amide bonds. The minimum absolute atomic E-state index is 0.261. The number of nitrogens with zero attached hydrogens (tertiary/aromatic N) is 1. The Morgan fingerprint density at radius 2 is 2.19 bits per heavy atom. The van der Waals surface area contributed by atoms with Gasteiger partial charge in [0.25, 0.3) is 0 Å². The molecule has 0 fully saturated rings. The second-order valence-electron chi connectivity index (χ2n) is 3.26. The molecule has 0 atom stereocenters. The van der Waals surface area contributed by atoms with Gasteiger partial charge in [0, 0.05) is 5.88 Å². The average Bonchev–Trinajstić information content (AvgIpc) is 2.35. The van der Waals surface area contributed by atoms with Gasteiger partial charge in [-0.3, -0.25) is 0 Å². The highest BCUT2D eigenvalue weighted by Crippen LogP contribution is 2.20. The fraction of sp³-hybridized carbons (Fsp3) is 0.333. The van der Waals surface area contributed by atoms with Crippen molar-refractivity contribution in [1.29, 1.82) is 5.26 Å². The van der Waals surface area contributed by atoms with E-state index in [1.807, 2.05) is 13.0 Å². The summed E-state index contributed by atoms with van der Waals surface area (Å²) in [4.78, 5) is 11.5. The van der Waals surface area contributed by atoms with E-state index in [1.54, 1.807) is 12.1 Å². The van der Waals surface area contributed by atoms with E-state index < -0.39 is 5.97 Å². The summed E-state index contributed by atoms with van der Waals surface area (Å²) in [5, 5.41) is 8.93. The van der Waals surface area contributed by atoms with Crippen LogP contribution in [0.15, 0.2) is 12.1 Å². The second kappa shape index (κ2) is 5.53. The van der Waals surface area contributed by atoms with Crippen molar-refractivity contribution in [1.82, 2.24) is 0 Å². The van der Waals surface area contributed by atoms with Crippen molar-refractivity contribution in [3.05, 3.63) is 34.4 Å². The van der Waals surface area contributed by atoms with E-state index in [0.29, 0.717) is 17.5 Å². The fourth-order valence-electron chi connectivity index (χ4n) is 1.50. The van der Waals surface area contributed by atoms with E-state index in [1.165, 1.54) is 7.11 Å². The number of nitriles is 1. The summed E-state index contributed by atoms with van der Waals surface area (Å²) in [6.45, 7) is 1.94. The molecule has 16 heavy (non-hydrogen) atoms. The molecule has 0 heterocycles. The van der Waals surface area contributed by atoms with E-state index in [4.69, 9.17) is 16.9 Å². The van der Waals surface area contributed by atoms with E-state index in [0.717, 1.165) is 11.1 Å². The standard InChI is InChI=1S/C12H12ClNO2/c1-3-8-4-9(6-13)10(7-14)5-11(8)12(15)16-2/h4-5H,3,6H2,1-2H3. The number of halogens is 1. The number of esters is 1. The SMILES string of the molecule is CCc1cc(CCl)c(C#N)cc1C(=O)OC. The van der Waals surface area contributed by atoms with Crippen LogP contribution in [0.1, 0.15) is 34.0 Å². The largest absolute Gasteiger partial charge is 0.465 e. The molecular weight excluding hydrogens is 226 g/mol. The molecule has 4 heteroatoms. The molecule has 1 aromatic rings. The van der Waals surface area contributed by atoms with Crippen LogP contribution in [-0.2, 0) is 17.0 Å². The maximum absolute atomic E-state index is 11.5. The minimum atomic E-state index is -0.422. The third-order valence-electron chi connectivity index (χ3n) is 2.38. The molecule has 0 radical (unpaired) electrons. The summed E-state index contributed by atoms with van der Waals surface area (Å²) >= 11 is 5.74. The Labute approximate surface area is 99.6 Å². The molecule has 0 aliphatic carbocycles. The van der Waals surface area contributed by atoms with Crippen molar-refractivity contribution in [2.24, 2.45) is 0 Å². The summed E-state index contributed by atoms with van der Waals surface area (Å²) in [5.74, 6) is -0.161. The summed E-state index contributed by atoms with van der Waals surface area (Å²) in [5.41, 5.74) is 2.46. The molecule has 1 aromatic carbocycles. The third-order valence-corrected chi connectivity index (χ3v) is 2.67. The Morgan fingerprint density at radius 3 is 2.62 bits per heavy atom. The van der Waals surface area contributed by atoms with E-state index >= 15 is 0 Å². The highest BCUT2D eigenvalue weighted by molar-refractivity contribution is 6.17. The summed E-state index contributed by atoms with van der Waals surface area (Å²) in [6.07, 6.45) is 0.694. The van der Waals surface area contributed by atoms with Crippen molar-refractivity contribution in [3.63, 3.8) is 0 Å². The summed E-state index contributed by atoms with van der Waals surface area (Å²) in [7, 11) is 1.32. The number of rotatable bonds is 3. The Hall–Kier alpha value is -1.53. The summed E-state index contributed by atoms with van der Waals surface area (Å²) in [6, 6.07) is 5.36. The molecule has 0 spiro atoms. The number of hydrogen-bond acceptors (Lipinski definition) is 3. The number of methoxy groups -OCH3 is 1. The first-order valence-corrected chi connectivity index (χ1v) is 5.41. The minimum Gasteiger partial charge on any atom is -0.465 e. The lowest BCUT2D eigenvalue weighted by molar-refractivity contribution is 0.0599. The van der Waals surface area contributed by atoms with E-state index in [9.17, 15) is 4.79 Å². The van der Waals surface area contributed by atoms with Gasteiger partial charge in [-0.2, -0.15) is 5.26 Å². The van der Waals surface area contributed by atoms with E-state index in [-0.39, 0.29) is 5.88 Å². The van der Waals surface area contributed by atoms with Gasteiger partial charge in [-0.1, -0.05) is 13.0 Å². The molecule has 0 aliphatic heterocycles. The molecular formula is C12H12ClNO2. The lowest BCUT2D eigenvalue weighted by atomic mass is 9.98. The first-order chi connectivity index (χ1) is 7.67. The molecule has 0 N–H and O–H groups in total. The number of hydrogen-bond donors (Lipinski definition) is 0. The van der Waals surface area contributed by atoms with Gasteiger partial charge >= 0.3 is 5.97 Å². The van der Waals surface area contributed by atoms with Crippen LogP contribution < -0.4 is 0 Å². The molecule has 0 bridgehead atoms. The highest BCUT2D eigenvalue weighted by atomic mass is 35.5. The fourth-order valence-corrected chi connectivity index (χ4v) is 1.72. The monoisotopic (exact) mass is 237 g/mol. The predicted octanol–water partition coefficient (Wildman–Crippen LogP) is 2.65. The number of benzene rings is 1. The van der Waals surface area contributed by atoms with Gasteiger partial charge in [0.15, 0.2) is 0 Å². The van der Waals surface area contributed by atoms with Crippen LogP contribution >= 0.6 is 11.6 Å². The van der Waals surface area contributed by atoms with Gasteiger partial charge in [0.05, 0.1) is 24.3 Å². The number of aryl methyl sites for hydroxylation is 1. The van der Waals surface area contributed by atoms with Gasteiger partial charge in [-0.25, -0.2) is 4.79 Å². The maximum Gasteiger partial charge on any atom is 0.338 e. The molecule has 1 rings (SSSR count). The molecule has 0 aliphatic rings. The molecule has 0 saturated heterocycles. The lowest BCUT2D eigenvalue weighted by Gasteiger charge is -2.09. The number of alkyl halides is 1. The quantitative estimate of drug-likeness (QED) is 0.600. The normalized spacial score (nSPS) is 9.62. The van der Waals surface area contributed by atoms with Crippen molar-refractivity contribution in [2.75, 3.05) is 7.11 Å². The maximum atomic E-state index is 11.5. The first kappa shape index (κ1) is 12.5. The first-order valence-electron chi connectivity index (χ1n) is 4.88. The second-order valence-corrected chi connectivity index (χ2v) is 3.52. The Morgan fingerprint density at radius 1 is 1.50 bits per heavy atom. The van der Waals surface area contributed by atoms with Crippen LogP contribution in [0.5, 0.6) is 0 Å².